The van der Waals surface area contributed by atoms with E-state index in [0.717, 1.165) is 95.0 Å². The predicted molar refractivity (Wildman–Crippen MR) is 217 cm³/mol. The topological polar surface area (TPSA) is 99.1 Å². The van der Waals surface area contributed by atoms with Crippen molar-refractivity contribution in [1.29, 1.82) is 0 Å². The highest BCUT2D eigenvalue weighted by Gasteiger charge is 2.16. The third kappa shape index (κ3) is 21.2. The smallest absolute Gasteiger partial charge is 0.306 e. The van der Waals surface area contributed by atoms with Crippen molar-refractivity contribution in [2.45, 2.75) is 221 Å². The number of aliphatic hydroxyl groups is 1. The van der Waals surface area contributed by atoms with Gasteiger partial charge in [0.15, 0.2) is 6.10 Å². The van der Waals surface area contributed by atoms with Crippen LogP contribution in [0.1, 0.15) is 208 Å². The Morgan fingerprint density at radius 2 is 1.00 bits per heavy atom. The zero-order valence-corrected chi connectivity index (χ0v) is 34.8. The molecule has 2 heterocycles. The number of carbonyl (C=O) groups excluding carboxylic acids is 2. The Labute approximate surface area is 323 Å². The second kappa shape index (κ2) is 29.8. The summed E-state index contributed by atoms with van der Waals surface area (Å²) in [6, 6.07) is 2.24. The number of esters is 2. The largest absolute Gasteiger partial charge is 0.466 e. The maximum atomic E-state index is 12.3. The predicted octanol–water partition coefficient (Wildman–Crippen LogP) is 12.5. The quantitative estimate of drug-likeness (QED) is 0.0563. The highest BCUT2D eigenvalue weighted by atomic mass is 16.6. The number of aryl methyl sites for hydroxylation is 5. The highest BCUT2D eigenvalue weighted by Crippen LogP contribution is 2.25. The molecule has 53 heavy (non-hydrogen) atoms. The molecule has 0 radical (unpaired) electrons. The fraction of sp³-hybridized carbons (Fsp3) is 0.783. The molecule has 0 aliphatic heterocycles. The second-order valence-electron chi connectivity index (χ2n) is 15.6. The molecule has 1 atom stereocenters. The van der Waals surface area contributed by atoms with Gasteiger partial charge in [-0.05, 0) is 82.1 Å². The van der Waals surface area contributed by atoms with Gasteiger partial charge in [0.1, 0.15) is 29.6 Å². The normalized spacial score (nSPS) is 12.0. The minimum atomic E-state index is -0.795. The van der Waals surface area contributed by atoms with E-state index in [0.29, 0.717) is 12.8 Å². The van der Waals surface area contributed by atoms with Gasteiger partial charge in [0.25, 0.3) is 0 Å². The number of rotatable bonds is 34. The number of aliphatic hydroxyl groups excluding tert-OH is 1. The molecule has 0 amide bonds. The molecule has 0 unspecified atom stereocenters. The molecule has 2 aromatic rings. The first kappa shape index (κ1) is 46.6. The second-order valence-corrected chi connectivity index (χ2v) is 15.6. The van der Waals surface area contributed by atoms with Gasteiger partial charge in [0.2, 0.25) is 0 Å². The van der Waals surface area contributed by atoms with Crippen LogP contribution in [0.3, 0.4) is 0 Å². The third-order valence-corrected chi connectivity index (χ3v) is 10.8. The Morgan fingerprint density at radius 1 is 0.566 bits per heavy atom. The standard InChI is InChI=1S/C46H78O7/c1-6-8-22-28-40-34-37(3)42(51-40)29-24-18-14-12-10-11-13-15-21-27-33-46(49)52-41(35-47)36-50-45(48)32-26-20-17-16-19-25-31-44-39(5)38(4)43(53-44)30-23-9-7-2/h34,41,47H,6-33,35-36H2,1-5H3/t41-/m0/s1. The molecule has 1 N–H and O–H groups in total. The molecule has 0 aromatic carbocycles. The number of furan rings is 2. The van der Waals surface area contributed by atoms with Gasteiger partial charge in [-0.3, -0.25) is 9.59 Å². The first-order chi connectivity index (χ1) is 25.8. The van der Waals surface area contributed by atoms with E-state index in [1.165, 1.54) is 112 Å². The number of hydrogen-bond acceptors (Lipinski definition) is 7. The maximum absolute atomic E-state index is 12.3. The van der Waals surface area contributed by atoms with Crippen LogP contribution in [0.15, 0.2) is 14.9 Å². The van der Waals surface area contributed by atoms with Gasteiger partial charge in [0, 0.05) is 38.5 Å². The summed E-state index contributed by atoms with van der Waals surface area (Å²) in [5.74, 6) is 4.05. The summed E-state index contributed by atoms with van der Waals surface area (Å²) in [5, 5.41) is 9.63. The lowest BCUT2D eigenvalue weighted by atomic mass is 10.0. The van der Waals surface area contributed by atoms with Crippen LogP contribution in [0.25, 0.3) is 0 Å². The average molecular weight is 743 g/mol. The Morgan fingerprint density at radius 3 is 1.51 bits per heavy atom. The molecule has 304 valence electrons. The van der Waals surface area contributed by atoms with Gasteiger partial charge < -0.3 is 23.4 Å². The van der Waals surface area contributed by atoms with Crippen LogP contribution < -0.4 is 0 Å². The fourth-order valence-corrected chi connectivity index (χ4v) is 7.10. The number of unbranched alkanes of at least 4 members (excludes halogenated alkanes) is 18. The lowest BCUT2D eigenvalue weighted by Crippen LogP contribution is -2.28. The summed E-state index contributed by atoms with van der Waals surface area (Å²) < 4.78 is 23.0. The lowest BCUT2D eigenvalue weighted by Gasteiger charge is -2.15. The molecule has 2 rings (SSSR count). The molecular formula is C46H78O7. The summed E-state index contributed by atoms with van der Waals surface area (Å²) >= 11 is 0. The molecule has 0 aliphatic rings. The molecule has 2 aromatic heterocycles. The summed E-state index contributed by atoms with van der Waals surface area (Å²) in [5.41, 5.74) is 3.97. The van der Waals surface area contributed by atoms with Gasteiger partial charge in [-0.1, -0.05) is 117 Å². The van der Waals surface area contributed by atoms with Crippen LogP contribution in [-0.2, 0) is 44.7 Å². The Balaban J connectivity index is 1.39. The molecule has 0 bridgehead atoms. The number of hydrogen-bond donors (Lipinski definition) is 1. The average Bonchev–Trinajstić information content (AvgIpc) is 3.64. The van der Waals surface area contributed by atoms with Crippen molar-refractivity contribution < 1.29 is 33.0 Å². The summed E-state index contributed by atoms with van der Waals surface area (Å²) in [4.78, 5) is 24.5. The van der Waals surface area contributed by atoms with E-state index in [-0.39, 0.29) is 25.2 Å². The van der Waals surface area contributed by atoms with Crippen LogP contribution in [0.5, 0.6) is 0 Å². The van der Waals surface area contributed by atoms with Crippen LogP contribution in [-0.4, -0.2) is 36.4 Å². The zero-order chi connectivity index (χ0) is 38.5. The summed E-state index contributed by atoms with van der Waals surface area (Å²) in [7, 11) is 0. The molecule has 7 nitrogen and oxygen atoms in total. The van der Waals surface area contributed by atoms with Gasteiger partial charge in [0.05, 0.1) is 6.61 Å². The van der Waals surface area contributed by atoms with Crippen molar-refractivity contribution in [2.75, 3.05) is 13.2 Å². The molecule has 0 saturated carbocycles. The van der Waals surface area contributed by atoms with E-state index in [1.807, 2.05) is 0 Å². The Hall–Kier alpha value is -2.54. The van der Waals surface area contributed by atoms with Crippen molar-refractivity contribution in [3.8, 4) is 0 Å². The van der Waals surface area contributed by atoms with Gasteiger partial charge in [-0.15, -0.1) is 0 Å². The first-order valence-corrected chi connectivity index (χ1v) is 21.9. The van der Waals surface area contributed by atoms with Gasteiger partial charge in [-0.25, -0.2) is 0 Å². The van der Waals surface area contributed by atoms with E-state index in [4.69, 9.17) is 18.3 Å². The van der Waals surface area contributed by atoms with E-state index in [9.17, 15) is 14.7 Å². The first-order valence-electron chi connectivity index (χ1n) is 21.9. The molecule has 0 fully saturated rings. The highest BCUT2D eigenvalue weighted by molar-refractivity contribution is 5.70. The monoisotopic (exact) mass is 743 g/mol. The van der Waals surface area contributed by atoms with Crippen LogP contribution in [0.2, 0.25) is 0 Å². The van der Waals surface area contributed by atoms with Crippen LogP contribution in [0, 0.1) is 20.8 Å². The van der Waals surface area contributed by atoms with Crippen molar-refractivity contribution in [2.24, 2.45) is 0 Å². The number of ether oxygens (including phenoxy) is 2. The van der Waals surface area contributed by atoms with Crippen LogP contribution >= 0.6 is 0 Å². The van der Waals surface area contributed by atoms with Gasteiger partial charge in [-0.2, -0.15) is 0 Å². The molecule has 0 aliphatic carbocycles. The third-order valence-electron chi connectivity index (χ3n) is 10.8. The molecule has 7 heteroatoms. The zero-order valence-electron chi connectivity index (χ0n) is 34.8. The Bertz CT molecular complexity index is 1220. The summed E-state index contributed by atoms with van der Waals surface area (Å²) in [6.07, 6.45) is 29.4. The van der Waals surface area contributed by atoms with Gasteiger partial charge >= 0.3 is 11.9 Å². The van der Waals surface area contributed by atoms with Crippen molar-refractivity contribution in [3.63, 3.8) is 0 Å². The maximum Gasteiger partial charge on any atom is 0.306 e. The van der Waals surface area contributed by atoms with Crippen LogP contribution in [0.4, 0.5) is 0 Å². The molecular weight excluding hydrogens is 664 g/mol. The van der Waals surface area contributed by atoms with E-state index < -0.39 is 6.10 Å². The van der Waals surface area contributed by atoms with Crippen molar-refractivity contribution in [1.82, 2.24) is 0 Å². The SMILES string of the molecule is CCCCCc1cc(C)c(CCCCCCCCCCCCC(=O)O[C@@H](CO)COC(=O)CCCCCCCCc2oc(CCCCC)c(C)c2C)o1. The minimum Gasteiger partial charge on any atom is -0.466 e. The molecule has 0 saturated heterocycles. The minimum absolute atomic E-state index is 0.0877. The van der Waals surface area contributed by atoms with E-state index in [1.54, 1.807) is 0 Å². The van der Waals surface area contributed by atoms with E-state index in [2.05, 4.69) is 40.7 Å². The number of carbonyl (C=O) groups is 2. The van der Waals surface area contributed by atoms with E-state index >= 15 is 0 Å². The van der Waals surface area contributed by atoms with Crippen molar-refractivity contribution >= 4 is 11.9 Å². The Kier molecular flexibility index (Phi) is 26.2. The van der Waals surface area contributed by atoms with Crippen molar-refractivity contribution in [3.05, 3.63) is 45.8 Å². The lowest BCUT2D eigenvalue weighted by molar-refractivity contribution is -0.161. The fourth-order valence-electron chi connectivity index (χ4n) is 7.10. The molecule has 0 spiro atoms. The summed E-state index contributed by atoms with van der Waals surface area (Å²) in [6.45, 7) is 10.6.